The maximum atomic E-state index is 6.11. The zero-order valence-corrected chi connectivity index (χ0v) is 11.0. The Kier molecular flexibility index (Phi) is 3.91. The van der Waals surface area contributed by atoms with E-state index in [2.05, 4.69) is 13.8 Å². The van der Waals surface area contributed by atoms with Crippen molar-refractivity contribution in [2.45, 2.75) is 71.7 Å². The molecule has 1 heterocycles. The lowest BCUT2D eigenvalue weighted by Crippen LogP contribution is -2.52. The average molecular weight is 226 g/mol. The molecule has 16 heavy (non-hydrogen) atoms. The SMILES string of the molecule is CCC(C)C1OC(C)OCC12CCCCC2. The fraction of sp³-hybridized carbons (Fsp3) is 1.00. The quantitative estimate of drug-likeness (QED) is 0.714. The van der Waals surface area contributed by atoms with Crippen molar-refractivity contribution in [3.63, 3.8) is 0 Å². The number of ether oxygens (including phenoxy) is 2. The first-order valence-electron chi connectivity index (χ1n) is 6.95. The van der Waals surface area contributed by atoms with Crippen LogP contribution in [-0.2, 0) is 9.47 Å². The van der Waals surface area contributed by atoms with Gasteiger partial charge in [-0.2, -0.15) is 0 Å². The first-order valence-corrected chi connectivity index (χ1v) is 6.95. The van der Waals surface area contributed by atoms with Gasteiger partial charge in [-0.25, -0.2) is 0 Å². The van der Waals surface area contributed by atoms with E-state index in [0.29, 0.717) is 17.4 Å². The Morgan fingerprint density at radius 3 is 2.56 bits per heavy atom. The van der Waals surface area contributed by atoms with Gasteiger partial charge in [-0.3, -0.25) is 0 Å². The van der Waals surface area contributed by atoms with E-state index in [1.165, 1.54) is 38.5 Å². The van der Waals surface area contributed by atoms with Crippen molar-refractivity contribution in [3.05, 3.63) is 0 Å². The van der Waals surface area contributed by atoms with Gasteiger partial charge in [0.2, 0.25) is 0 Å². The van der Waals surface area contributed by atoms with Gasteiger partial charge >= 0.3 is 0 Å². The second kappa shape index (κ2) is 5.05. The molecule has 2 nitrogen and oxygen atoms in total. The molecule has 0 aromatic carbocycles. The summed E-state index contributed by atoms with van der Waals surface area (Å²) < 4.78 is 11.9. The van der Waals surface area contributed by atoms with Crippen LogP contribution >= 0.6 is 0 Å². The van der Waals surface area contributed by atoms with Crippen LogP contribution < -0.4 is 0 Å². The van der Waals surface area contributed by atoms with Crippen LogP contribution in [0.5, 0.6) is 0 Å². The summed E-state index contributed by atoms with van der Waals surface area (Å²) >= 11 is 0. The Labute approximate surface area is 99.7 Å². The first kappa shape index (κ1) is 12.4. The molecule has 1 spiro atoms. The van der Waals surface area contributed by atoms with E-state index < -0.39 is 0 Å². The van der Waals surface area contributed by atoms with Crippen LogP contribution in [0, 0.1) is 11.3 Å². The largest absolute Gasteiger partial charge is 0.352 e. The van der Waals surface area contributed by atoms with E-state index >= 15 is 0 Å². The standard InChI is InChI=1S/C14H26O2/c1-4-11(2)13-14(8-6-5-7-9-14)10-15-12(3)16-13/h11-13H,4-10H2,1-3H3. The lowest BCUT2D eigenvalue weighted by atomic mass is 9.67. The fourth-order valence-corrected chi connectivity index (χ4v) is 3.39. The molecule has 0 amide bonds. The Hall–Kier alpha value is -0.0800. The molecule has 1 saturated heterocycles. The van der Waals surface area contributed by atoms with Crippen LogP contribution in [0.15, 0.2) is 0 Å². The average Bonchev–Trinajstić information content (AvgIpc) is 2.33. The Balaban J connectivity index is 2.13. The van der Waals surface area contributed by atoms with Gasteiger partial charge in [-0.05, 0) is 25.7 Å². The minimum atomic E-state index is -0.00782. The molecular weight excluding hydrogens is 200 g/mol. The van der Waals surface area contributed by atoms with E-state index in [1.807, 2.05) is 6.92 Å². The van der Waals surface area contributed by atoms with Crippen molar-refractivity contribution in [2.75, 3.05) is 6.61 Å². The second-order valence-corrected chi connectivity index (χ2v) is 5.74. The molecule has 2 fully saturated rings. The third kappa shape index (κ3) is 2.28. The molecule has 3 atom stereocenters. The third-order valence-corrected chi connectivity index (χ3v) is 4.56. The van der Waals surface area contributed by atoms with Crippen molar-refractivity contribution in [3.8, 4) is 0 Å². The summed E-state index contributed by atoms with van der Waals surface area (Å²) in [5, 5.41) is 0. The molecule has 0 aromatic rings. The molecule has 0 bridgehead atoms. The minimum absolute atomic E-state index is 0.00782. The lowest BCUT2D eigenvalue weighted by molar-refractivity contribution is -0.278. The van der Waals surface area contributed by atoms with Gasteiger partial charge in [0, 0.05) is 5.41 Å². The van der Waals surface area contributed by atoms with Gasteiger partial charge < -0.3 is 9.47 Å². The summed E-state index contributed by atoms with van der Waals surface area (Å²) in [4.78, 5) is 0. The van der Waals surface area contributed by atoms with Crippen molar-refractivity contribution in [2.24, 2.45) is 11.3 Å². The van der Waals surface area contributed by atoms with Gasteiger partial charge in [0.1, 0.15) is 0 Å². The summed E-state index contributed by atoms with van der Waals surface area (Å²) in [5.74, 6) is 0.657. The summed E-state index contributed by atoms with van der Waals surface area (Å²) in [6.45, 7) is 7.55. The first-order chi connectivity index (χ1) is 7.68. The van der Waals surface area contributed by atoms with Gasteiger partial charge in [-0.1, -0.05) is 39.5 Å². The maximum absolute atomic E-state index is 6.11. The minimum Gasteiger partial charge on any atom is -0.352 e. The van der Waals surface area contributed by atoms with E-state index in [0.717, 1.165) is 6.61 Å². The molecule has 1 saturated carbocycles. The van der Waals surface area contributed by atoms with Gasteiger partial charge in [0.15, 0.2) is 6.29 Å². The molecule has 2 aliphatic rings. The monoisotopic (exact) mass is 226 g/mol. The zero-order chi connectivity index (χ0) is 11.6. The van der Waals surface area contributed by atoms with Gasteiger partial charge in [0.05, 0.1) is 12.7 Å². The molecule has 3 unspecified atom stereocenters. The molecule has 94 valence electrons. The fourth-order valence-electron chi connectivity index (χ4n) is 3.39. The van der Waals surface area contributed by atoms with Crippen LogP contribution in [-0.4, -0.2) is 19.0 Å². The summed E-state index contributed by atoms with van der Waals surface area (Å²) in [5.41, 5.74) is 0.334. The van der Waals surface area contributed by atoms with Crippen molar-refractivity contribution >= 4 is 0 Å². The van der Waals surface area contributed by atoms with Crippen LogP contribution in [0.1, 0.15) is 59.3 Å². The molecule has 1 aliphatic heterocycles. The molecule has 0 radical (unpaired) electrons. The molecule has 0 aromatic heterocycles. The number of hydrogen-bond acceptors (Lipinski definition) is 2. The van der Waals surface area contributed by atoms with Crippen LogP contribution in [0.25, 0.3) is 0 Å². The van der Waals surface area contributed by atoms with Crippen molar-refractivity contribution in [1.29, 1.82) is 0 Å². The van der Waals surface area contributed by atoms with Gasteiger partial charge in [-0.15, -0.1) is 0 Å². The van der Waals surface area contributed by atoms with Crippen LogP contribution in [0.4, 0.5) is 0 Å². The highest BCUT2D eigenvalue weighted by molar-refractivity contribution is 4.94. The maximum Gasteiger partial charge on any atom is 0.155 e. The van der Waals surface area contributed by atoms with Gasteiger partial charge in [0.25, 0.3) is 0 Å². The Bertz CT molecular complexity index is 221. The van der Waals surface area contributed by atoms with Crippen LogP contribution in [0.3, 0.4) is 0 Å². The number of rotatable bonds is 2. The Morgan fingerprint density at radius 2 is 1.94 bits per heavy atom. The Morgan fingerprint density at radius 1 is 1.25 bits per heavy atom. The summed E-state index contributed by atoms with van der Waals surface area (Å²) in [6.07, 6.45) is 8.32. The summed E-state index contributed by atoms with van der Waals surface area (Å²) in [6, 6.07) is 0. The van der Waals surface area contributed by atoms with E-state index in [1.54, 1.807) is 0 Å². The van der Waals surface area contributed by atoms with E-state index in [-0.39, 0.29) is 6.29 Å². The highest BCUT2D eigenvalue weighted by atomic mass is 16.7. The normalized spacial score (nSPS) is 36.2. The topological polar surface area (TPSA) is 18.5 Å². The molecule has 1 aliphatic carbocycles. The van der Waals surface area contributed by atoms with Crippen LogP contribution in [0.2, 0.25) is 0 Å². The predicted octanol–water partition coefficient (Wildman–Crippen LogP) is 3.74. The lowest BCUT2D eigenvalue weighted by Gasteiger charge is -2.50. The predicted molar refractivity (Wildman–Crippen MR) is 65.3 cm³/mol. The molecular formula is C14H26O2. The second-order valence-electron chi connectivity index (χ2n) is 5.74. The highest BCUT2D eigenvalue weighted by Gasteiger charge is 2.46. The molecule has 2 rings (SSSR count). The van der Waals surface area contributed by atoms with E-state index in [9.17, 15) is 0 Å². The zero-order valence-electron chi connectivity index (χ0n) is 11.0. The number of hydrogen-bond donors (Lipinski definition) is 0. The van der Waals surface area contributed by atoms with Crippen molar-refractivity contribution in [1.82, 2.24) is 0 Å². The molecule has 0 N–H and O–H groups in total. The highest BCUT2D eigenvalue weighted by Crippen LogP contribution is 2.46. The van der Waals surface area contributed by atoms with E-state index in [4.69, 9.17) is 9.47 Å². The third-order valence-electron chi connectivity index (χ3n) is 4.56. The molecule has 2 heteroatoms. The smallest absolute Gasteiger partial charge is 0.155 e. The summed E-state index contributed by atoms with van der Waals surface area (Å²) in [7, 11) is 0. The van der Waals surface area contributed by atoms with Crippen molar-refractivity contribution < 1.29 is 9.47 Å².